The monoisotopic (exact) mass is 253 g/mol. The van der Waals surface area contributed by atoms with Crippen LogP contribution in [0.2, 0.25) is 5.15 Å². The number of benzene rings is 1. The zero-order valence-electron chi connectivity index (χ0n) is 8.95. The second-order valence-corrected chi connectivity index (χ2v) is 3.60. The highest BCUT2D eigenvalue weighted by atomic mass is 35.5. The fraction of sp³-hybridized carbons (Fsp3) is 0.0909. The molecule has 1 heterocycles. The molecule has 0 atom stereocenters. The number of ether oxygens (including phenoxy) is 1. The van der Waals surface area contributed by atoms with Gasteiger partial charge in [0.2, 0.25) is 0 Å². The van der Waals surface area contributed by atoms with Crippen LogP contribution in [0.25, 0.3) is 0 Å². The Morgan fingerprint density at radius 1 is 1.24 bits per heavy atom. The molecule has 0 saturated heterocycles. The second kappa shape index (κ2) is 4.97. The number of methoxy groups -OCH3 is 1. The lowest BCUT2D eigenvalue weighted by atomic mass is 10.3. The third-order valence-electron chi connectivity index (χ3n) is 2.06. The molecule has 4 nitrogen and oxygen atoms in total. The summed E-state index contributed by atoms with van der Waals surface area (Å²) in [6.45, 7) is 0. The van der Waals surface area contributed by atoms with E-state index in [-0.39, 0.29) is 5.75 Å². The van der Waals surface area contributed by atoms with Gasteiger partial charge in [-0.3, -0.25) is 0 Å². The molecule has 0 aliphatic carbocycles. The van der Waals surface area contributed by atoms with Crippen LogP contribution in [0.3, 0.4) is 0 Å². The van der Waals surface area contributed by atoms with Crippen LogP contribution in [0, 0.1) is 5.82 Å². The average molecular weight is 254 g/mol. The van der Waals surface area contributed by atoms with Crippen molar-refractivity contribution in [2.75, 3.05) is 12.4 Å². The molecule has 2 rings (SSSR count). The summed E-state index contributed by atoms with van der Waals surface area (Å²) in [5.74, 6) is 0.233. The van der Waals surface area contributed by atoms with E-state index in [9.17, 15) is 4.39 Å². The first-order valence-electron chi connectivity index (χ1n) is 4.79. The van der Waals surface area contributed by atoms with Gasteiger partial charge in [0.15, 0.2) is 22.5 Å². The van der Waals surface area contributed by atoms with Crippen molar-refractivity contribution in [2.45, 2.75) is 0 Å². The minimum absolute atomic E-state index is 0.192. The Kier molecular flexibility index (Phi) is 3.39. The van der Waals surface area contributed by atoms with E-state index in [1.54, 1.807) is 18.2 Å². The molecule has 2 aromatic rings. The number of nitrogens with zero attached hydrogens (tertiary/aromatic N) is 2. The Morgan fingerprint density at radius 3 is 2.65 bits per heavy atom. The van der Waals surface area contributed by atoms with E-state index in [1.807, 2.05) is 0 Å². The highest BCUT2D eigenvalue weighted by Crippen LogP contribution is 2.22. The van der Waals surface area contributed by atoms with Crippen molar-refractivity contribution in [2.24, 2.45) is 0 Å². The van der Waals surface area contributed by atoms with Gasteiger partial charge in [-0.25, -0.2) is 4.39 Å². The van der Waals surface area contributed by atoms with E-state index in [4.69, 9.17) is 16.3 Å². The quantitative estimate of drug-likeness (QED) is 0.913. The zero-order chi connectivity index (χ0) is 12.3. The molecule has 1 aromatic heterocycles. The van der Waals surface area contributed by atoms with E-state index in [0.29, 0.717) is 16.7 Å². The summed E-state index contributed by atoms with van der Waals surface area (Å²) in [6, 6.07) is 7.77. The summed E-state index contributed by atoms with van der Waals surface area (Å²) in [4.78, 5) is 0. The van der Waals surface area contributed by atoms with Crippen molar-refractivity contribution >= 4 is 23.1 Å². The molecule has 1 aromatic carbocycles. The summed E-state index contributed by atoms with van der Waals surface area (Å²) in [6.07, 6.45) is 0. The van der Waals surface area contributed by atoms with Gasteiger partial charge in [-0.1, -0.05) is 11.6 Å². The normalized spacial score (nSPS) is 10.1. The molecule has 0 spiro atoms. The van der Waals surface area contributed by atoms with E-state index < -0.39 is 5.82 Å². The third kappa shape index (κ3) is 2.82. The van der Waals surface area contributed by atoms with Gasteiger partial charge in [0.05, 0.1) is 7.11 Å². The van der Waals surface area contributed by atoms with Crippen LogP contribution in [-0.4, -0.2) is 17.3 Å². The molecule has 6 heteroatoms. The molecule has 17 heavy (non-hydrogen) atoms. The van der Waals surface area contributed by atoms with Crippen LogP contribution in [0.4, 0.5) is 15.9 Å². The molecule has 0 aliphatic heterocycles. The molecule has 0 saturated carbocycles. The van der Waals surface area contributed by atoms with Crippen molar-refractivity contribution in [3.8, 4) is 5.75 Å². The lowest BCUT2D eigenvalue weighted by Gasteiger charge is -2.06. The summed E-state index contributed by atoms with van der Waals surface area (Å²) < 4.78 is 18.2. The van der Waals surface area contributed by atoms with Crippen molar-refractivity contribution in [3.05, 3.63) is 41.3 Å². The first-order valence-corrected chi connectivity index (χ1v) is 5.16. The maximum atomic E-state index is 13.4. The minimum Gasteiger partial charge on any atom is -0.494 e. The van der Waals surface area contributed by atoms with Gasteiger partial charge in [0.1, 0.15) is 0 Å². The highest BCUT2D eigenvalue weighted by Gasteiger charge is 2.04. The van der Waals surface area contributed by atoms with Crippen molar-refractivity contribution in [1.29, 1.82) is 0 Å². The summed E-state index contributed by atoms with van der Waals surface area (Å²) in [5.41, 5.74) is 0.555. The first kappa shape index (κ1) is 11.6. The molecule has 0 aliphatic rings. The number of nitrogens with one attached hydrogen (secondary N) is 1. The predicted molar refractivity (Wildman–Crippen MR) is 63.3 cm³/mol. The smallest absolute Gasteiger partial charge is 0.167 e. The van der Waals surface area contributed by atoms with Crippen LogP contribution in [0.15, 0.2) is 30.3 Å². The van der Waals surface area contributed by atoms with Gasteiger partial charge in [-0.05, 0) is 24.3 Å². The zero-order valence-corrected chi connectivity index (χ0v) is 9.70. The van der Waals surface area contributed by atoms with Gasteiger partial charge < -0.3 is 10.1 Å². The van der Waals surface area contributed by atoms with Gasteiger partial charge in [0, 0.05) is 11.8 Å². The van der Waals surface area contributed by atoms with E-state index in [1.165, 1.54) is 19.2 Å². The van der Waals surface area contributed by atoms with E-state index >= 15 is 0 Å². The Balaban J connectivity index is 2.19. The summed E-state index contributed by atoms with van der Waals surface area (Å²) in [5, 5.41) is 10.7. The van der Waals surface area contributed by atoms with Crippen LogP contribution < -0.4 is 10.1 Å². The topological polar surface area (TPSA) is 47.0 Å². The van der Waals surface area contributed by atoms with Gasteiger partial charge >= 0.3 is 0 Å². The van der Waals surface area contributed by atoms with Crippen molar-refractivity contribution < 1.29 is 9.13 Å². The maximum Gasteiger partial charge on any atom is 0.167 e. The molecule has 0 bridgehead atoms. The van der Waals surface area contributed by atoms with Crippen LogP contribution in [0.5, 0.6) is 5.75 Å². The van der Waals surface area contributed by atoms with Crippen molar-refractivity contribution in [1.82, 2.24) is 10.2 Å². The molecule has 1 N–H and O–H groups in total. The van der Waals surface area contributed by atoms with Crippen LogP contribution in [0.1, 0.15) is 0 Å². The minimum atomic E-state index is -0.445. The highest BCUT2D eigenvalue weighted by molar-refractivity contribution is 6.29. The summed E-state index contributed by atoms with van der Waals surface area (Å²) in [7, 11) is 1.41. The SMILES string of the molecule is COc1ccc(Nc2ccc(Cl)nn2)cc1F. The van der Waals surface area contributed by atoms with E-state index in [2.05, 4.69) is 15.5 Å². The lowest BCUT2D eigenvalue weighted by molar-refractivity contribution is 0.386. The number of anilines is 2. The largest absolute Gasteiger partial charge is 0.494 e. The van der Waals surface area contributed by atoms with Gasteiger partial charge in [-0.2, -0.15) is 0 Å². The van der Waals surface area contributed by atoms with Crippen molar-refractivity contribution in [3.63, 3.8) is 0 Å². The third-order valence-corrected chi connectivity index (χ3v) is 2.26. The molecular weight excluding hydrogens is 245 g/mol. The van der Waals surface area contributed by atoms with Crippen LogP contribution >= 0.6 is 11.6 Å². The average Bonchev–Trinajstić information content (AvgIpc) is 2.32. The fourth-order valence-electron chi connectivity index (χ4n) is 1.27. The number of rotatable bonds is 3. The predicted octanol–water partition coefficient (Wildman–Crippen LogP) is 3.02. The Hall–Kier alpha value is -1.88. The lowest BCUT2D eigenvalue weighted by Crippen LogP contribution is -1.96. The molecule has 0 radical (unpaired) electrons. The molecule has 0 amide bonds. The number of hydrogen-bond donors (Lipinski definition) is 1. The summed E-state index contributed by atoms with van der Waals surface area (Å²) >= 11 is 5.60. The van der Waals surface area contributed by atoms with Gasteiger partial charge in [-0.15, -0.1) is 10.2 Å². The molecule has 0 fully saturated rings. The second-order valence-electron chi connectivity index (χ2n) is 3.22. The number of halogens is 2. The van der Waals surface area contributed by atoms with Crippen LogP contribution in [-0.2, 0) is 0 Å². The Morgan fingerprint density at radius 2 is 2.06 bits per heavy atom. The Labute approximate surface area is 102 Å². The fourth-order valence-corrected chi connectivity index (χ4v) is 1.38. The van der Waals surface area contributed by atoms with E-state index in [0.717, 1.165) is 0 Å². The maximum absolute atomic E-state index is 13.4. The first-order chi connectivity index (χ1) is 8.19. The molecule has 88 valence electrons. The van der Waals surface area contributed by atoms with Gasteiger partial charge in [0.25, 0.3) is 0 Å². The number of aromatic nitrogens is 2. The number of hydrogen-bond acceptors (Lipinski definition) is 4. The Bertz CT molecular complexity index is 519. The molecular formula is C11H9ClFN3O. The standard InChI is InChI=1S/C11H9ClFN3O/c1-17-9-3-2-7(6-8(9)13)14-11-5-4-10(12)15-16-11/h2-6H,1H3,(H,14,16). The molecule has 0 unspecified atom stereocenters.